The number of nitrogens with one attached hydrogen (secondary N) is 2. The van der Waals surface area contributed by atoms with Gasteiger partial charge in [0, 0.05) is 15.7 Å². The molecular weight excluding hydrogens is 337 g/mol. The van der Waals surface area contributed by atoms with Crippen LogP contribution in [0.15, 0.2) is 47.6 Å². The number of hydrazone groups is 1. The predicted molar refractivity (Wildman–Crippen MR) is 92.0 cm³/mol. The normalized spacial score (nSPS) is 10.6. The van der Waals surface area contributed by atoms with Gasteiger partial charge in [0.2, 0.25) is 0 Å². The molecule has 7 heteroatoms. The van der Waals surface area contributed by atoms with Crippen LogP contribution in [0.1, 0.15) is 11.1 Å². The van der Waals surface area contributed by atoms with Crippen LogP contribution in [-0.2, 0) is 9.59 Å². The Hall–Kier alpha value is -2.37. The second-order valence-electron chi connectivity index (χ2n) is 4.62. The second kappa shape index (κ2) is 7.76. The Kier molecular flexibility index (Phi) is 5.73. The summed E-state index contributed by atoms with van der Waals surface area (Å²) >= 11 is 11.8. The smallest absolute Gasteiger partial charge is 0.317 e. The van der Waals surface area contributed by atoms with Crippen LogP contribution >= 0.6 is 23.2 Å². The molecule has 0 aliphatic rings. The Morgan fingerprint density at radius 1 is 1.09 bits per heavy atom. The number of hydrogen-bond acceptors (Lipinski definition) is 3. The van der Waals surface area contributed by atoms with Crippen molar-refractivity contribution in [1.29, 1.82) is 0 Å². The van der Waals surface area contributed by atoms with Gasteiger partial charge in [0.1, 0.15) is 0 Å². The summed E-state index contributed by atoms with van der Waals surface area (Å²) in [6.07, 6.45) is 1.39. The minimum absolute atomic E-state index is 0.469. The van der Waals surface area contributed by atoms with E-state index >= 15 is 0 Å². The van der Waals surface area contributed by atoms with Crippen molar-refractivity contribution in [3.05, 3.63) is 63.6 Å². The number of halogens is 2. The Morgan fingerprint density at radius 2 is 1.83 bits per heavy atom. The molecule has 23 heavy (non-hydrogen) atoms. The maximum absolute atomic E-state index is 11.8. The van der Waals surface area contributed by atoms with Gasteiger partial charge in [-0.05, 0) is 42.3 Å². The molecule has 0 bridgehead atoms. The molecule has 0 saturated carbocycles. The topological polar surface area (TPSA) is 70.6 Å². The van der Waals surface area contributed by atoms with Gasteiger partial charge in [0.15, 0.2) is 0 Å². The molecule has 0 heterocycles. The number of carbonyl (C=O) groups excluding carboxylic acids is 2. The average molecular weight is 350 g/mol. The minimum Gasteiger partial charge on any atom is -0.317 e. The fourth-order valence-corrected chi connectivity index (χ4v) is 2.10. The fraction of sp³-hybridized carbons (Fsp3) is 0.0625. The largest absolute Gasteiger partial charge is 0.329 e. The van der Waals surface area contributed by atoms with Gasteiger partial charge in [-0.15, -0.1) is 0 Å². The Labute approximate surface area is 143 Å². The zero-order chi connectivity index (χ0) is 16.8. The Balaban J connectivity index is 1.95. The van der Waals surface area contributed by atoms with Crippen LogP contribution in [0.5, 0.6) is 0 Å². The maximum atomic E-state index is 11.8. The van der Waals surface area contributed by atoms with Crippen LogP contribution in [0.2, 0.25) is 10.0 Å². The van der Waals surface area contributed by atoms with E-state index in [1.807, 2.05) is 0 Å². The second-order valence-corrected chi connectivity index (χ2v) is 5.46. The van der Waals surface area contributed by atoms with Crippen LogP contribution in [0.4, 0.5) is 5.69 Å². The van der Waals surface area contributed by atoms with E-state index in [1.165, 1.54) is 6.21 Å². The van der Waals surface area contributed by atoms with Gasteiger partial charge in [-0.25, -0.2) is 5.43 Å². The molecule has 0 atom stereocenters. The molecule has 0 saturated heterocycles. The predicted octanol–water partition coefficient (Wildman–Crippen LogP) is 3.39. The molecule has 5 nitrogen and oxygen atoms in total. The molecule has 118 valence electrons. The first-order valence-electron chi connectivity index (χ1n) is 6.62. The van der Waals surface area contributed by atoms with E-state index in [9.17, 15) is 9.59 Å². The number of carbonyl (C=O) groups is 2. The Morgan fingerprint density at radius 3 is 2.57 bits per heavy atom. The molecule has 0 spiro atoms. The lowest BCUT2D eigenvalue weighted by atomic mass is 10.2. The van der Waals surface area contributed by atoms with Gasteiger partial charge in [-0.2, -0.15) is 5.10 Å². The van der Waals surface area contributed by atoms with Crippen molar-refractivity contribution in [2.45, 2.75) is 6.92 Å². The van der Waals surface area contributed by atoms with E-state index in [0.717, 1.165) is 0 Å². The highest BCUT2D eigenvalue weighted by molar-refractivity contribution is 6.40. The lowest BCUT2D eigenvalue weighted by molar-refractivity contribution is -0.136. The van der Waals surface area contributed by atoms with Crippen LogP contribution in [-0.4, -0.2) is 18.0 Å². The highest BCUT2D eigenvalue weighted by Gasteiger charge is 2.14. The van der Waals surface area contributed by atoms with Gasteiger partial charge >= 0.3 is 11.8 Å². The fourth-order valence-electron chi connectivity index (χ4n) is 1.73. The molecule has 2 aromatic rings. The van der Waals surface area contributed by atoms with Gasteiger partial charge in [0.25, 0.3) is 0 Å². The highest BCUT2D eigenvalue weighted by atomic mass is 35.5. The molecule has 2 amide bonds. The van der Waals surface area contributed by atoms with E-state index in [2.05, 4.69) is 15.8 Å². The number of benzene rings is 2. The standard InChI is InChI=1S/C16H13Cl2N3O2/c1-10-13(18)6-3-7-14(10)20-15(22)16(23)21-19-9-11-4-2-5-12(17)8-11/h2-9H,1H3,(H,20,22)(H,21,23)/b19-9+. The van der Waals surface area contributed by atoms with Crippen LogP contribution in [0.3, 0.4) is 0 Å². The number of rotatable bonds is 3. The lowest BCUT2D eigenvalue weighted by Crippen LogP contribution is -2.32. The van der Waals surface area contributed by atoms with Crippen molar-refractivity contribution in [2.24, 2.45) is 5.10 Å². The SMILES string of the molecule is Cc1c(Cl)cccc1NC(=O)C(=O)N/N=C/c1cccc(Cl)c1. The van der Waals surface area contributed by atoms with E-state index in [1.54, 1.807) is 49.4 Å². The molecule has 0 unspecified atom stereocenters. The third-order valence-electron chi connectivity index (χ3n) is 2.95. The van der Waals surface area contributed by atoms with Gasteiger partial charge in [0.05, 0.1) is 6.21 Å². The molecule has 2 aromatic carbocycles. The van der Waals surface area contributed by atoms with Gasteiger partial charge in [-0.3, -0.25) is 9.59 Å². The molecular formula is C16H13Cl2N3O2. The first-order valence-corrected chi connectivity index (χ1v) is 7.38. The molecule has 0 fully saturated rings. The summed E-state index contributed by atoms with van der Waals surface area (Å²) in [5, 5.41) is 7.25. The van der Waals surface area contributed by atoms with Crippen molar-refractivity contribution >= 4 is 46.9 Å². The molecule has 0 aliphatic heterocycles. The number of nitrogens with zero attached hydrogens (tertiary/aromatic N) is 1. The molecule has 2 rings (SSSR count). The van der Waals surface area contributed by atoms with E-state index < -0.39 is 11.8 Å². The number of hydrogen-bond donors (Lipinski definition) is 2. The van der Waals surface area contributed by atoms with E-state index in [0.29, 0.717) is 26.9 Å². The first kappa shape index (κ1) is 17.0. The third kappa shape index (κ3) is 4.81. The maximum Gasteiger partial charge on any atom is 0.329 e. The molecule has 0 aliphatic carbocycles. The van der Waals surface area contributed by atoms with Crippen molar-refractivity contribution < 1.29 is 9.59 Å². The summed E-state index contributed by atoms with van der Waals surface area (Å²) in [6.45, 7) is 1.74. The number of anilines is 1. The summed E-state index contributed by atoms with van der Waals surface area (Å²) in [4.78, 5) is 23.5. The molecule has 0 aromatic heterocycles. The summed E-state index contributed by atoms with van der Waals surface area (Å²) in [5.74, 6) is -1.72. The quantitative estimate of drug-likeness (QED) is 0.506. The molecule has 0 radical (unpaired) electrons. The average Bonchev–Trinajstić information content (AvgIpc) is 2.51. The van der Waals surface area contributed by atoms with Crippen LogP contribution < -0.4 is 10.7 Å². The summed E-state index contributed by atoms with van der Waals surface area (Å²) in [6, 6.07) is 11.9. The van der Waals surface area contributed by atoms with Crippen molar-refractivity contribution in [2.75, 3.05) is 5.32 Å². The zero-order valence-electron chi connectivity index (χ0n) is 12.1. The molecule has 2 N–H and O–H groups in total. The van der Waals surface area contributed by atoms with Crippen molar-refractivity contribution in [1.82, 2.24) is 5.43 Å². The monoisotopic (exact) mass is 349 g/mol. The van der Waals surface area contributed by atoms with E-state index in [-0.39, 0.29) is 0 Å². The third-order valence-corrected chi connectivity index (χ3v) is 3.60. The van der Waals surface area contributed by atoms with Crippen LogP contribution in [0.25, 0.3) is 0 Å². The van der Waals surface area contributed by atoms with Crippen LogP contribution in [0, 0.1) is 6.92 Å². The van der Waals surface area contributed by atoms with Gasteiger partial charge in [-0.1, -0.05) is 41.4 Å². The first-order chi connectivity index (χ1) is 11.0. The van der Waals surface area contributed by atoms with Gasteiger partial charge < -0.3 is 5.32 Å². The minimum atomic E-state index is -0.886. The number of amides is 2. The zero-order valence-corrected chi connectivity index (χ0v) is 13.7. The summed E-state index contributed by atoms with van der Waals surface area (Å²) in [7, 11) is 0. The van der Waals surface area contributed by atoms with E-state index in [4.69, 9.17) is 23.2 Å². The highest BCUT2D eigenvalue weighted by Crippen LogP contribution is 2.22. The Bertz CT molecular complexity index is 776. The van der Waals surface area contributed by atoms with Crippen molar-refractivity contribution in [3.63, 3.8) is 0 Å². The lowest BCUT2D eigenvalue weighted by Gasteiger charge is -2.08. The summed E-state index contributed by atoms with van der Waals surface area (Å²) < 4.78 is 0. The summed E-state index contributed by atoms with van der Waals surface area (Å²) in [5.41, 5.74) is 3.99. The van der Waals surface area contributed by atoms with Crippen molar-refractivity contribution in [3.8, 4) is 0 Å².